The third-order valence-corrected chi connectivity index (χ3v) is 6.30. The maximum Gasteiger partial charge on any atom is 0.295 e. The van der Waals surface area contributed by atoms with Crippen LogP contribution in [-0.4, -0.2) is 45.6 Å². The lowest BCUT2D eigenvalue weighted by Gasteiger charge is -2.28. The van der Waals surface area contributed by atoms with Crippen molar-refractivity contribution >= 4 is 17.4 Å². The Kier molecular flexibility index (Phi) is 8.38. The summed E-state index contributed by atoms with van der Waals surface area (Å²) in [6.07, 6.45) is 0. The maximum absolute atomic E-state index is 13.6. The minimum Gasteiger partial charge on any atom is -0.508 e. The molecule has 1 aliphatic heterocycles. The number of amides is 1. The van der Waals surface area contributed by atoms with Gasteiger partial charge in [0.2, 0.25) is 0 Å². The number of hydrogen-bond donors (Lipinski definition) is 2. The number of carbonyl (C=O) groups excluding carboxylic acids is 2. The van der Waals surface area contributed by atoms with E-state index in [1.807, 2.05) is 58.9 Å². The van der Waals surface area contributed by atoms with Gasteiger partial charge in [-0.05, 0) is 70.5 Å². The molecule has 1 aliphatic rings. The van der Waals surface area contributed by atoms with E-state index in [4.69, 9.17) is 14.2 Å². The zero-order chi connectivity index (χ0) is 29.0. The summed E-state index contributed by atoms with van der Waals surface area (Å²) in [7, 11) is 0. The molecule has 8 nitrogen and oxygen atoms in total. The highest BCUT2D eigenvalue weighted by molar-refractivity contribution is 6.46. The second kappa shape index (κ2) is 11.7. The van der Waals surface area contributed by atoms with Crippen LogP contribution in [0, 0.1) is 0 Å². The Hall–Kier alpha value is -4.46. The van der Waals surface area contributed by atoms with Crippen LogP contribution in [0.2, 0.25) is 0 Å². The molecule has 0 saturated carbocycles. The highest BCUT2D eigenvalue weighted by atomic mass is 16.5. The monoisotopic (exact) mass is 545 g/mol. The molecule has 0 radical (unpaired) electrons. The fourth-order valence-corrected chi connectivity index (χ4v) is 4.67. The molecule has 1 atom stereocenters. The van der Waals surface area contributed by atoms with Crippen molar-refractivity contribution in [1.29, 1.82) is 0 Å². The molecule has 1 unspecified atom stereocenters. The lowest BCUT2D eigenvalue weighted by molar-refractivity contribution is -0.140. The summed E-state index contributed by atoms with van der Waals surface area (Å²) >= 11 is 0. The third kappa shape index (κ3) is 6.06. The van der Waals surface area contributed by atoms with Gasteiger partial charge in [0.15, 0.2) is 0 Å². The number of aliphatic hydroxyl groups is 1. The van der Waals surface area contributed by atoms with Crippen LogP contribution in [-0.2, 0) is 16.1 Å². The van der Waals surface area contributed by atoms with Crippen molar-refractivity contribution in [2.45, 2.75) is 52.8 Å². The molecule has 0 aromatic heterocycles. The predicted molar refractivity (Wildman–Crippen MR) is 152 cm³/mol. The highest BCUT2D eigenvalue weighted by Gasteiger charge is 2.46. The topological polar surface area (TPSA) is 106 Å². The van der Waals surface area contributed by atoms with E-state index in [0.717, 1.165) is 0 Å². The van der Waals surface area contributed by atoms with Crippen LogP contribution in [0.5, 0.6) is 23.0 Å². The first-order valence-electron chi connectivity index (χ1n) is 13.3. The molecular weight excluding hydrogens is 510 g/mol. The first-order valence-corrected chi connectivity index (χ1v) is 13.3. The van der Waals surface area contributed by atoms with Gasteiger partial charge in [0.1, 0.15) is 34.4 Å². The summed E-state index contributed by atoms with van der Waals surface area (Å²) in [6, 6.07) is 17.6. The first kappa shape index (κ1) is 28.5. The largest absolute Gasteiger partial charge is 0.508 e. The number of benzene rings is 3. The number of Topliss-reactive ketones (excluding diaryl/α,β-unsaturated/α-hetero) is 1. The van der Waals surface area contributed by atoms with Gasteiger partial charge in [-0.1, -0.05) is 30.3 Å². The van der Waals surface area contributed by atoms with Crippen molar-refractivity contribution in [2.75, 3.05) is 13.2 Å². The summed E-state index contributed by atoms with van der Waals surface area (Å²) in [5.74, 6) is -0.430. The smallest absolute Gasteiger partial charge is 0.295 e. The summed E-state index contributed by atoms with van der Waals surface area (Å²) in [4.78, 5) is 28.5. The van der Waals surface area contributed by atoms with Crippen LogP contribution in [0.1, 0.15) is 57.4 Å². The minimum absolute atomic E-state index is 0.0368. The number of nitrogens with zero attached hydrogens (tertiary/aromatic N) is 1. The molecule has 0 spiro atoms. The van der Waals surface area contributed by atoms with Gasteiger partial charge in [-0.15, -0.1) is 0 Å². The van der Waals surface area contributed by atoms with E-state index in [0.29, 0.717) is 41.6 Å². The number of ether oxygens (including phenoxy) is 3. The molecule has 0 bridgehead atoms. The van der Waals surface area contributed by atoms with Crippen LogP contribution in [0.4, 0.5) is 0 Å². The molecule has 1 heterocycles. The summed E-state index contributed by atoms with van der Waals surface area (Å²) in [5, 5.41) is 21.5. The average Bonchev–Trinajstić information content (AvgIpc) is 3.14. The fraction of sp³-hybridized carbons (Fsp3) is 0.312. The normalized spacial score (nSPS) is 16.7. The van der Waals surface area contributed by atoms with E-state index in [2.05, 4.69) is 0 Å². The SMILES string of the molecule is CCOc1ccc(/C(O)=C2/C(=O)C(=O)N(Cc3ccccc3OC(C)(C)C)C2c2ccc(O)cc2)c(OCC)c1. The van der Waals surface area contributed by atoms with Gasteiger partial charge in [-0.25, -0.2) is 0 Å². The van der Waals surface area contributed by atoms with Crippen molar-refractivity contribution in [3.63, 3.8) is 0 Å². The molecule has 3 aromatic rings. The molecule has 1 amide bonds. The molecule has 0 aliphatic carbocycles. The van der Waals surface area contributed by atoms with E-state index in [1.165, 1.54) is 17.0 Å². The third-order valence-electron chi connectivity index (χ3n) is 6.30. The number of likely N-dealkylation sites (tertiary alicyclic amines) is 1. The quantitative estimate of drug-likeness (QED) is 0.193. The molecule has 3 aromatic carbocycles. The van der Waals surface area contributed by atoms with Crippen LogP contribution in [0.25, 0.3) is 5.76 Å². The van der Waals surface area contributed by atoms with Crippen LogP contribution in [0.3, 0.4) is 0 Å². The van der Waals surface area contributed by atoms with E-state index in [9.17, 15) is 19.8 Å². The molecule has 40 heavy (non-hydrogen) atoms. The fourth-order valence-electron chi connectivity index (χ4n) is 4.67. The van der Waals surface area contributed by atoms with Gasteiger partial charge >= 0.3 is 0 Å². The summed E-state index contributed by atoms with van der Waals surface area (Å²) < 4.78 is 17.5. The zero-order valence-corrected chi connectivity index (χ0v) is 23.4. The lowest BCUT2D eigenvalue weighted by Crippen LogP contribution is -2.30. The number of para-hydroxylation sites is 1. The minimum atomic E-state index is -0.927. The van der Waals surface area contributed by atoms with E-state index in [1.54, 1.807) is 30.3 Å². The first-order chi connectivity index (χ1) is 19.0. The second-order valence-electron chi connectivity index (χ2n) is 10.4. The number of aromatic hydroxyl groups is 1. The van der Waals surface area contributed by atoms with E-state index >= 15 is 0 Å². The lowest BCUT2D eigenvalue weighted by atomic mass is 9.94. The van der Waals surface area contributed by atoms with Gasteiger partial charge in [0.25, 0.3) is 11.7 Å². The highest BCUT2D eigenvalue weighted by Crippen LogP contribution is 2.43. The number of phenolic OH excluding ortho intramolecular Hbond substituents is 1. The van der Waals surface area contributed by atoms with E-state index in [-0.39, 0.29) is 29.2 Å². The van der Waals surface area contributed by atoms with Crippen molar-refractivity contribution in [2.24, 2.45) is 0 Å². The maximum atomic E-state index is 13.6. The zero-order valence-electron chi connectivity index (χ0n) is 23.4. The van der Waals surface area contributed by atoms with Crippen molar-refractivity contribution in [1.82, 2.24) is 4.90 Å². The number of phenols is 1. The Bertz CT molecular complexity index is 1420. The number of aliphatic hydroxyl groups excluding tert-OH is 1. The van der Waals surface area contributed by atoms with Crippen molar-refractivity contribution in [3.05, 3.63) is 89.0 Å². The number of carbonyl (C=O) groups is 2. The summed E-state index contributed by atoms with van der Waals surface area (Å²) in [5.41, 5.74) is 0.971. The Labute approximate surface area is 234 Å². The standard InChI is InChI=1S/C32H35NO7/c1-6-38-23-16-17-24(26(18-23)39-7-2)29(35)27-28(20-12-14-22(34)15-13-20)33(31(37)30(27)36)19-21-10-8-9-11-25(21)40-32(3,4)5/h8-18,28,34-35H,6-7,19H2,1-5H3/b29-27-. The van der Waals surface area contributed by atoms with Gasteiger partial charge < -0.3 is 29.3 Å². The van der Waals surface area contributed by atoms with Crippen LogP contribution >= 0.6 is 0 Å². The van der Waals surface area contributed by atoms with Crippen LogP contribution < -0.4 is 14.2 Å². The molecule has 2 N–H and O–H groups in total. The van der Waals surface area contributed by atoms with Crippen molar-refractivity contribution < 1.29 is 34.0 Å². The predicted octanol–water partition coefficient (Wildman–Crippen LogP) is 5.99. The number of hydrogen-bond acceptors (Lipinski definition) is 7. The Morgan fingerprint density at radius 1 is 0.900 bits per heavy atom. The Morgan fingerprint density at radius 2 is 1.57 bits per heavy atom. The Morgan fingerprint density at radius 3 is 2.23 bits per heavy atom. The van der Waals surface area contributed by atoms with Gasteiger partial charge in [0.05, 0.1) is 36.9 Å². The average molecular weight is 546 g/mol. The molecule has 4 rings (SSSR count). The Balaban J connectivity index is 1.87. The van der Waals surface area contributed by atoms with Gasteiger partial charge in [0, 0.05) is 11.6 Å². The van der Waals surface area contributed by atoms with E-state index < -0.39 is 23.3 Å². The number of rotatable bonds is 9. The van der Waals surface area contributed by atoms with Crippen molar-refractivity contribution in [3.8, 4) is 23.0 Å². The molecule has 8 heteroatoms. The molecule has 1 saturated heterocycles. The summed E-state index contributed by atoms with van der Waals surface area (Å²) in [6.45, 7) is 10.3. The molecular formula is C32H35NO7. The van der Waals surface area contributed by atoms with Crippen LogP contribution in [0.15, 0.2) is 72.3 Å². The van der Waals surface area contributed by atoms with Gasteiger partial charge in [-0.3, -0.25) is 9.59 Å². The van der Waals surface area contributed by atoms with Gasteiger partial charge in [-0.2, -0.15) is 0 Å². The molecule has 1 fully saturated rings. The number of ketones is 1. The second-order valence-corrected chi connectivity index (χ2v) is 10.4. The molecule has 210 valence electrons.